The molecule has 1 N–H and O–H groups in total. The zero-order chi connectivity index (χ0) is 14.0. The van der Waals surface area contributed by atoms with Crippen molar-refractivity contribution in [3.8, 4) is 0 Å². The van der Waals surface area contributed by atoms with E-state index in [0.717, 1.165) is 19.1 Å². The highest BCUT2D eigenvalue weighted by atomic mass is 16.5. The van der Waals surface area contributed by atoms with Crippen molar-refractivity contribution in [3.05, 3.63) is 35.9 Å². The summed E-state index contributed by atoms with van der Waals surface area (Å²) in [5.74, 6) is 0.757. The molecule has 0 aromatic heterocycles. The normalized spacial score (nSPS) is 22.9. The number of nitrogens with one attached hydrogen (secondary N) is 1. The van der Waals surface area contributed by atoms with Crippen molar-refractivity contribution in [2.24, 2.45) is 0 Å². The minimum atomic E-state index is 0.668. The summed E-state index contributed by atoms with van der Waals surface area (Å²) in [6.45, 7) is 3.10. The van der Waals surface area contributed by atoms with Crippen LogP contribution in [0.3, 0.4) is 0 Å². The van der Waals surface area contributed by atoms with Gasteiger partial charge in [-0.15, -0.1) is 0 Å². The Bertz CT molecular complexity index is 347. The Morgan fingerprint density at radius 3 is 2.45 bits per heavy atom. The molecule has 3 heteroatoms. The maximum atomic E-state index is 5.47. The molecule has 1 aliphatic carbocycles. The van der Waals surface area contributed by atoms with Crippen LogP contribution in [0, 0.1) is 0 Å². The molecule has 20 heavy (non-hydrogen) atoms. The van der Waals surface area contributed by atoms with Crippen LogP contribution in [0.5, 0.6) is 0 Å². The van der Waals surface area contributed by atoms with Crippen molar-refractivity contribution in [2.45, 2.75) is 37.6 Å². The van der Waals surface area contributed by atoms with Gasteiger partial charge in [0.15, 0.2) is 0 Å². The van der Waals surface area contributed by atoms with Crippen LogP contribution in [0.1, 0.15) is 37.2 Å². The predicted molar refractivity (Wildman–Crippen MR) is 82.1 cm³/mol. The van der Waals surface area contributed by atoms with E-state index in [1.165, 1.54) is 31.2 Å². The molecule has 0 bridgehead atoms. The lowest BCUT2D eigenvalue weighted by Gasteiger charge is -2.29. The zero-order valence-electron chi connectivity index (χ0n) is 12.5. The summed E-state index contributed by atoms with van der Waals surface area (Å²) in [5.41, 5.74) is 1.51. The Balaban J connectivity index is 1.58. The maximum Gasteiger partial charge on any atom is 0.0700 e. The molecule has 1 saturated carbocycles. The van der Waals surface area contributed by atoms with E-state index in [0.29, 0.717) is 19.3 Å². The quantitative estimate of drug-likeness (QED) is 0.741. The molecular formula is C17H27NO2. The van der Waals surface area contributed by atoms with Gasteiger partial charge in [-0.1, -0.05) is 30.3 Å². The summed E-state index contributed by atoms with van der Waals surface area (Å²) < 4.78 is 10.4. The van der Waals surface area contributed by atoms with Crippen LogP contribution < -0.4 is 5.32 Å². The highest BCUT2D eigenvalue weighted by Gasteiger charge is 2.21. The molecule has 1 fully saturated rings. The minimum absolute atomic E-state index is 0.668. The lowest BCUT2D eigenvalue weighted by atomic mass is 9.82. The van der Waals surface area contributed by atoms with E-state index in [1.807, 2.05) is 0 Å². The second-order valence-corrected chi connectivity index (χ2v) is 5.52. The van der Waals surface area contributed by atoms with Crippen molar-refractivity contribution < 1.29 is 9.47 Å². The third kappa shape index (κ3) is 5.23. The topological polar surface area (TPSA) is 30.5 Å². The van der Waals surface area contributed by atoms with Gasteiger partial charge in [-0.05, 0) is 37.2 Å². The molecule has 0 atom stereocenters. The van der Waals surface area contributed by atoms with E-state index in [-0.39, 0.29) is 0 Å². The number of hydrogen-bond donors (Lipinski definition) is 1. The van der Waals surface area contributed by atoms with E-state index < -0.39 is 0 Å². The molecule has 0 radical (unpaired) electrons. The van der Waals surface area contributed by atoms with Crippen molar-refractivity contribution in [3.63, 3.8) is 0 Å². The molecule has 112 valence electrons. The molecule has 0 heterocycles. The van der Waals surface area contributed by atoms with Crippen LogP contribution in [0.2, 0.25) is 0 Å². The monoisotopic (exact) mass is 277 g/mol. The second kappa shape index (κ2) is 9.11. The summed E-state index contributed by atoms with van der Waals surface area (Å²) in [7, 11) is 1.70. The first-order chi connectivity index (χ1) is 9.90. The third-order valence-corrected chi connectivity index (χ3v) is 4.11. The van der Waals surface area contributed by atoms with Gasteiger partial charge in [-0.25, -0.2) is 0 Å². The van der Waals surface area contributed by atoms with Crippen LogP contribution in [-0.4, -0.2) is 39.5 Å². The SMILES string of the molecule is COCCOCCNC1CCC(c2ccccc2)CC1. The predicted octanol–water partition coefficient (Wildman–Crippen LogP) is 2.97. The smallest absolute Gasteiger partial charge is 0.0700 e. The molecule has 1 aromatic rings. The van der Waals surface area contributed by atoms with Gasteiger partial charge < -0.3 is 14.8 Å². The zero-order valence-corrected chi connectivity index (χ0v) is 12.5. The van der Waals surface area contributed by atoms with E-state index >= 15 is 0 Å². The second-order valence-electron chi connectivity index (χ2n) is 5.52. The molecule has 0 amide bonds. The third-order valence-electron chi connectivity index (χ3n) is 4.11. The number of benzene rings is 1. The largest absolute Gasteiger partial charge is 0.382 e. The first-order valence-electron chi connectivity index (χ1n) is 7.75. The Morgan fingerprint density at radius 2 is 1.75 bits per heavy atom. The van der Waals surface area contributed by atoms with Crippen LogP contribution in [0.4, 0.5) is 0 Å². The lowest BCUT2D eigenvalue weighted by molar-refractivity contribution is 0.0704. The van der Waals surface area contributed by atoms with E-state index in [4.69, 9.17) is 9.47 Å². The fourth-order valence-corrected chi connectivity index (χ4v) is 2.94. The number of rotatable bonds is 8. The van der Waals surface area contributed by atoms with Crippen LogP contribution in [0.15, 0.2) is 30.3 Å². The fourth-order valence-electron chi connectivity index (χ4n) is 2.94. The van der Waals surface area contributed by atoms with Crippen molar-refractivity contribution in [2.75, 3.05) is 33.5 Å². The Kier molecular flexibility index (Phi) is 7.06. The molecule has 0 aliphatic heterocycles. The molecular weight excluding hydrogens is 250 g/mol. The summed E-state index contributed by atoms with van der Waals surface area (Å²) in [6, 6.07) is 11.6. The van der Waals surface area contributed by atoms with Gasteiger partial charge >= 0.3 is 0 Å². The number of methoxy groups -OCH3 is 1. The summed E-state index contributed by atoms with van der Waals surface area (Å²) in [5, 5.41) is 3.60. The Hall–Kier alpha value is -0.900. The highest BCUT2D eigenvalue weighted by Crippen LogP contribution is 2.32. The van der Waals surface area contributed by atoms with Crippen LogP contribution in [-0.2, 0) is 9.47 Å². The Morgan fingerprint density at radius 1 is 1.00 bits per heavy atom. The van der Waals surface area contributed by atoms with Gasteiger partial charge in [0.2, 0.25) is 0 Å². The summed E-state index contributed by atoms with van der Waals surface area (Å²) >= 11 is 0. The van der Waals surface area contributed by atoms with E-state index in [2.05, 4.69) is 35.6 Å². The standard InChI is InChI=1S/C17H27NO2/c1-19-13-14-20-12-11-18-17-9-7-16(8-10-17)15-5-3-2-4-6-15/h2-6,16-18H,7-14H2,1H3. The summed E-state index contributed by atoms with van der Waals surface area (Å²) in [4.78, 5) is 0. The van der Waals surface area contributed by atoms with Crippen molar-refractivity contribution in [1.82, 2.24) is 5.32 Å². The highest BCUT2D eigenvalue weighted by molar-refractivity contribution is 5.20. The fraction of sp³-hybridized carbons (Fsp3) is 0.647. The van der Waals surface area contributed by atoms with Crippen molar-refractivity contribution in [1.29, 1.82) is 0 Å². The number of ether oxygens (including phenoxy) is 2. The number of hydrogen-bond acceptors (Lipinski definition) is 3. The maximum absolute atomic E-state index is 5.47. The molecule has 1 aliphatic rings. The molecule has 0 spiro atoms. The first kappa shape index (κ1) is 15.5. The molecule has 0 saturated heterocycles. The van der Waals surface area contributed by atoms with Crippen LogP contribution >= 0.6 is 0 Å². The van der Waals surface area contributed by atoms with Crippen LogP contribution in [0.25, 0.3) is 0 Å². The van der Waals surface area contributed by atoms with Gasteiger partial charge in [0.1, 0.15) is 0 Å². The molecule has 1 aromatic carbocycles. The average Bonchev–Trinajstić information content (AvgIpc) is 2.52. The van der Waals surface area contributed by atoms with E-state index in [1.54, 1.807) is 7.11 Å². The molecule has 0 unspecified atom stereocenters. The van der Waals surface area contributed by atoms with Gasteiger partial charge in [-0.3, -0.25) is 0 Å². The average molecular weight is 277 g/mol. The minimum Gasteiger partial charge on any atom is -0.382 e. The summed E-state index contributed by atoms with van der Waals surface area (Å²) in [6.07, 6.45) is 5.15. The van der Waals surface area contributed by atoms with Gasteiger partial charge in [-0.2, -0.15) is 0 Å². The van der Waals surface area contributed by atoms with E-state index in [9.17, 15) is 0 Å². The first-order valence-corrected chi connectivity index (χ1v) is 7.75. The Labute approximate surface area is 122 Å². The molecule has 3 nitrogen and oxygen atoms in total. The van der Waals surface area contributed by atoms with Gasteiger partial charge in [0.25, 0.3) is 0 Å². The molecule has 2 rings (SSSR count). The van der Waals surface area contributed by atoms with Crippen molar-refractivity contribution >= 4 is 0 Å². The van der Waals surface area contributed by atoms with Gasteiger partial charge in [0, 0.05) is 19.7 Å². The van der Waals surface area contributed by atoms with Gasteiger partial charge in [0.05, 0.1) is 19.8 Å². The lowest BCUT2D eigenvalue weighted by Crippen LogP contribution is -2.35.